The molecule has 3 N–H and O–H groups in total. The van der Waals surface area contributed by atoms with Gasteiger partial charge in [-0.25, -0.2) is 0 Å². The van der Waals surface area contributed by atoms with Crippen LogP contribution in [-0.2, 0) is 0 Å². The third-order valence-electron chi connectivity index (χ3n) is 2.26. The van der Waals surface area contributed by atoms with E-state index in [9.17, 15) is 0 Å². The number of fused-ring (bicyclic) bond motifs is 1. The van der Waals surface area contributed by atoms with E-state index in [1.165, 1.54) is 6.20 Å². The lowest BCUT2D eigenvalue weighted by Gasteiger charge is -2.10. The Labute approximate surface area is 115 Å². The van der Waals surface area contributed by atoms with Crippen molar-refractivity contribution in [2.45, 2.75) is 0 Å². The fourth-order valence-electron chi connectivity index (χ4n) is 1.48. The number of nitrogen functional groups attached to an aromatic ring is 1. The summed E-state index contributed by atoms with van der Waals surface area (Å²) in [6, 6.07) is 3.71. The van der Waals surface area contributed by atoms with Crippen LogP contribution in [0.1, 0.15) is 5.56 Å². The minimum Gasteiger partial charge on any atom is -0.322 e. The summed E-state index contributed by atoms with van der Waals surface area (Å²) < 4.78 is 0.616. The molecule has 2 aromatic rings. The first-order valence-corrected chi connectivity index (χ1v) is 5.98. The molecule has 0 aliphatic rings. The van der Waals surface area contributed by atoms with Crippen molar-refractivity contribution in [2.75, 3.05) is 5.43 Å². The topological polar surface area (TPSA) is 74.7 Å². The van der Waals surface area contributed by atoms with Crippen molar-refractivity contribution in [1.29, 1.82) is 5.26 Å². The van der Waals surface area contributed by atoms with Crippen LogP contribution in [0.3, 0.4) is 0 Å². The second-order valence-corrected chi connectivity index (χ2v) is 4.80. The quantitative estimate of drug-likeness (QED) is 0.476. The van der Waals surface area contributed by atoms with Crippen molar-refractivity contribution in [1.82, 2.24) is 4.98 Å². The molecule has 0 bridgehead atoms. The molecule has 0 aliphatic heterocycles. The molecule has 86 valence electrons. The minimum atomic E-state index is 0.317. The smallest absolute Gasteiger partial charge is 0.103 e. The van der Waals surface area contributed by atoms with Crippen molar-refractivity contribution >= 4 is 55.7 Å². The van der Waals surface area contributed by atoms with E-state index in [-0.39, 0.29) is 0 Å². The van der Waals surface area contributed by atoms with Gasteiger partial charge in [0.1, 0.15) is 6.07 Å². The molecule has 4 nitrogen and oxygen atoms in total. The molecule has 2 rings (SSSR count). The Morgan fingerprint density at radius 3 is 2.71 bits per heavy atom. The molecule has 1 aromatic carbocycles. The molecule has 0 fully saturated rings. The lowest BCUT2D eigenvalue weighted by molar-refractivity contribution is 1.31. The summed E-state index contributed by atoms with van der Waals surface area (Å²) in [5, 5.41) is 10.3. The number of nitriles is 1. The van der Waals surface area contributed by atoms with Gasteiger partial charge in [0, 0.05) is 16.1 Å². The van der Waals surface area contributed by atoms with Gasteiger partial charge in [-0.2, -0.15) is 5.26 Å². The summed E-state index contributed by atoms with van der Waals surface area (Å²) in [6.45, 7) is 0. The van der Waals surface area contributed by atoms with Gasteiger partial charge >= 0.3 is 0 Å². The maximum atomic E-state index is 8.95. The molecule has 0 spiro atoms. The maximum Gasteiger partial charge on any atom is 0.103 e. The van der Waals surface area contributed by atoms with Gasteiger partial charge in [-0.15, -0.1) is 0 Å². The van der Waals surface area contributed by atoms with Crippen LogP contribution in [-0.4, -0.2) is 4.98 Å². The van der Waals surface area contributed by atoms with Crippen molar-refractivity contribution in [2.24, 2.45) is 5.84 Å². The van der Waals surface area contributed by atoms with Crippen molar-refractivity contribution < 1.29 is 0 Å². The zero-order valence-electron chi connectivity index (χ0n) is 8.26. The highest BCUT2D eigenvalue weighted by molar-refractivity contribution is 9.10. The lowest BCUT2D eigenvalue weighted by Crippen LogP contribution is -2.09. The Bertz CT molecular complexity index is 651. The molecule has 17 heavy (non-hydrogen) atoms. The van der Waals surface area contributed by atoms with Gasteiger partial charge in [-0.05, 0) is 22.0 Å². The van der Waals surface area contributed by atoms with Crippen LogP contribution in [0.25, 0.3) is 10.9 Å². The third-order valence-corrected chi connectivity index (χ3v) is 3.97. The van der Waals surface area contributed by atoms with Crippen LogP contribution in [0.2, 0.25) is 10.0 Å². The molecular formula is C10H5BrCl2N4. The number of halogens is 3. The molecule has 0 radical (unpaired) electrons. The van der Waals surface area contributed by atoms with E-state index < -0.39 is 0 Å². The Balaban J connectivity index is 2.97. The fraction of sp³-hybridized carbons (Fsp3) is 0. The molecular weight excluding hydrogens is 327 g/mol. The summed E-state index contributed by atoms with van der Waals surface area (Å²) >= 11 is 15.4. The highest BCUT2D eigenvalue weighted by Gasteiger charge is 2.14. The first kappa shape index (κ1) is 12.4. The Morgan fingerprint density at radius 2 is 2.12 bits per heavy atom. The number of hydrazine groups is 1. The van der Waals surface area contributed by atoms with Crippen LogP contribution in [0.15, 0.2) is 16.7 Å². The van der Waals surface area contributed by atoms with E-state index in [0.29, 0.717) is 36.7 Å². The van der Waals surface area contributed by atoms with Crippen LogP contribution in [0.5, 0.6) is 0 Å². The van der Waals surface area contributed by atoms with Gasteiger partial charge < -0.3 is 5.43 Å². The SMILES string of the molecule is N#Cc1cnc2c(Cl)c(Cl)c(Br)cc2c1NN. The first-order valence-electron chi connectivity index (χ1n) is 4.43. The number of benzene rings is 1. The second kappa shape index (κ2) is 4.67. The predicted molar refractivity (Wildman–Crippen MR) is 72.0 cm³/mol. The molecule has 7 heteroatoms. The van der Waals surface area contributed by atoms with E-state index in [1.807, 2.05) is 6.07 Å². The van der Waals surface area contributed by atoms with Gasteiger partial charge in [0.15, 0.2) is 0 Å². The largest absolute Gasteiger partial charge is 0.322 e. The van der Waals surface area contributed by atoms with Crippen LogP contribution in [0.4, 0.5) is 5.69 Å². The number of nitrogens with zero attached hydrogens (tertiary/aromatic N) is 2. The standard InChI is InChI=1S/C10H5BrCl2N4/c11-6-1-5-9(17-15)4(2-14)3-16-10(5)8(13)7(6)12/h1,3H,15H2,(H,16,17). The molecule has 0 saturated heterocycles. The molecule has 0 atom stereocenters. The van der Waals surface area contributed by atoms with E-state index >= 15 is 0 Å². The third kappa shape index (κ3) is 1.94. The molecule has 0 saturated carbocycles. The highest BCUT2D eigenvalue weighted by atomic mass is 79.9. The minimum absolute atomic E-state index is 0.317. The molecule has 1 heterocycles. The predicted octanol–water partition coefficient (Wildman–Crippen LogP) is 3.46. The number of pyridine rings is 1. The molecule has 1 aromatic heterocycles. The Kier molecular flexibility index (Phi) is 3.40. The average molecular weight is 332 g/mol. The highest BCUT2D eigenvalue weighted by Crippen LogP contribution is 2.39. The van der Waals surface area contributed by atoms with Gasteiger partial charge in [-0.1, -0.05) is 23.2 Å². The average Bonchev–Trinajstić information content (AvgIpc) is 2.34. The lowest BCUT2D eigenvalue weighted by atomic mass is 10.1. The Hall–Kier alpha value is -1.06. The zero-order valence-corrected chi connectivity index (χ0v) is 11.4. The van der Waals surface area contributed by atoms with E-state index in [2.05, 4.69) is 26.3 Å². The normalized spacial score (nSPS) is 10.3. The number of hydrogen-bond donors (Lipinski definition) is 2. The summed E-state index contributed by atoms with van der Waals surface area (Å²) in [7, 11) is 0. The maximum absolute atomic E-state index is 8.95. The number of anilines is 1. The van der Waals surface area contributed by atoms with Gasteiger partial charge in [0.05, 0.1) is 26.8 Å². The van der Waals surface area contributed by atoms with Crippen LogP contribution >= 0.6 is 39.1 Å². The molecule has 0 amide bonds. The summed E-state index contributed by atoms with van der Waals surface area (Å²) in [5.41, 5.74) is 3.78. The van der Waals surface area contributed by atoms with Crippen LogP contribution in [0, 0.1) is 11.3 Å². The number of nitrogens with two attached hydrogens (primary N) is 1. The zero-order chi connectivity index (χ0) is 12.6. The van der Waals surface area contributed by atoms with Crippen molar-refractivity contribution in [3.63, 3.8) is 0 Å². The Morgan fingerprint density at radius 1 is 1.41 bits per heavy atom. The van der Waals surface area contributed by atoms with Gasteiger partial charge in [0.2, 0.25) is 0 Å². The summed E-state index contributed by atoms with van der Waals surface area (Å²) in [4.78, 5) is 4.11. The summed E-state index contributed by atoms with van der Waals surface area (Å²) in [5.74, 6) is 5.41. The number of aromatic nitrogens is 1. The molecule has 0 aliphatic carbocycles. The van der Waals surface area contributed by atoms with E-state index in [1.54, 1.807) is 6.07 Å². The fourth-order valence-corrected chi connectivity index (χ4v) is 2.42. The van der Waals surface area contributed by atoms with E-state index in [0.717, 1.165) is 0 Å². The van der Waals surface area contributed by atoms with Crippen molar-refractivity contribution in [3.8, 4) is 6.07 Å². The van der Waals surface area contributed by atoms with Gasteiger partial charge in [-0.3, -0.25) is 10.8 Å². The molecule has 0 unspecified atom stereocenters. The van der Waals surface area contributed by atoms with Crippen LogP contribution < -0.4 is 11.3 Å². The monoisotopic (exact) mass is 330 g/mol. The summed E-state index contributed by atoms with van der Waals surface area (Å²) in [6.07, 6.45) is 1.40. The number of rotatable bonds is 1. The van der Waals surface area contributed by atoms with Gasteiger partial charge in [0.25, 0.3) is 0 Å². The van der Waals surface area contributed by atoms with Crippen molar-refractivity contribution in [3.05, 3.63) is 32.3 Å². The second-order valence-electron chi connectivity index (χ2n) is 3.19. The number of hydrogen-bond acceptors (Lipinski definition) is 4. The first-order chi connectivity index (χ1) is 8.10. The van der Waals surface area contributed by atoms with E-state index in [4.69, 9.17) is 34.3 Å². The number of nitrogens with one attached hydrogen (secondary N) is 1.